The molecule has 1 fully saturated rings. The minimum atomic E-state index is -0.158. The lowest BCUT2D eigenvalue weighted by atomic mass is 10.0. The van der Waals surface area contributed by atoms with Gasteiger partial charge in [-0.1, -0.05) is 30.3 Å². The molecule has 2 heterocycles. The lowest BCUT2D eigenvalue weighted by Gasteiger charge is -2.26. The first kappa shape index (κ1) is 18.7. The average molecular weight is 378 g/mol. The minimum Gasteiger partial charge on any atom is -0.385 e. The summed E-state index contributed by atoms with van der Waals surface area (Å²) in [6, 6.07) is 15.8. The number of rotatable bonds is 7. The Morgan fingerprint density at radius 3 is 2.71 bits per heavy atom. The summed E-state index contributed by atoms with van der Waals surface area (Å²) in [5, 5.41) is 12.0. The van der Waals surface area contributed by atoms with Crippen LogP contribution in [0.15, 0.2) is 53.3 Å². The maximum Gasteiger partial charge on any atom is 0.272 e. The van der Waals surface area contributed by atoms with E-state index < -0.39 is 0 Å². The third kappa shape index (κ3) is 4.40. The van der Waals surface area contributed by atoms with Gasteiger partial charge in [0.15, 0.2) is 0 Å². The van der Waals surface area contributed by atoms with Crippen LogP contribution in [0.2, 0.25) is 0 Å². The Morgan fingerprint density at radius 2 is 1.86 bits per heavy atom. The van der Waals surface area contributed by atoms with Crippen molar-refractivity contribution >= 4 is 16.5 Å². The van der Waals surface area contributed by atoms with Gasteiger partial charge in [-0.15, -0.1) is 0 Å². The number of aromatic nitrogens is 2. The Balaban J connectivity index is 1.38. The molecule has 0 aliphatic carbocycles. The van der Waals surface area contributed by atoms with Gasteiger partial charge >= 0.3 is 0 Å². The molecule has 0 amide bonds. The number of unbranched alkanes of at least 4 members (excludes halogenated alkanes) is 1. The van der Waals surface area contributed by atoms with Crippen LogP contribution in [0.25, 0.3) is 22.0 Å². The first-order chi connectivity index (χ1) is 13.8. The zero-order chi connectivity index (χ0) is 19.2. The fourth-order valence-corrected chi connectivity index (χ4v) is 3.63. The van der Waals surface area contributed by atoms with E-state index in [-0.39, 0.29) is 5.56 Å². The van der Waals surface area contributed by atoms with Crippen molar-refractivity contribution < 1.29 is 4.74 Å². The van der Waals surface area contributed by atoms with Gasteiger partial charge < -0.3 is 10.1 Å². The fraction of sp³-hybridized carbons (Fsp3) is 0.364. The topological polar surface area (TPSA) is 70.2 Å². The number of nitrogens with zero attached hydrogens (tertiary/aromatic N) is 2. The number of hydrogen-bond donors (Lipinski definition) is 2. The number of aromatic amines is 1. The number of ether oxygens (including phenoxy) is 1. The largest absolute Gasteiger partial charge is 0.385 e. The summed E-state index contributed by atoms with van der Waals surface area (Å²) in [5.74, 6) is 0. The predicted octanol–water partition coefficient (Wildman–Crippen LogP) is 3.11. The van der Waals surface area contributed by atoms with Gasteiger partial charge in [0.2, 0.25) is 0 Å². The van der Waals surface area contributed by atoms with Gasteiger partial charge in [0.05, 0.1) is 24.3 Å². The molecule has 1 aromatic heterocycles. The molecule has 4 rings (SSSR count). The highest BCUT2D eigenvalue weighted by molar-refractivity contribution is 5.94. The molecule has 146 valence electrons. The lowest BCUT2D eigenvalue weighted by molar-refractivity contribution is 0.0373. The summed E-state index contributed by atoms with van der Waals surface area (Å²) in [7, 11) is 0. The van der Waals surface area contributed by atoms with Crippen LogP contribution in [0.1, 0.15) is 12.8 Å². The number of nitrogens with one attached hydrogen (secondary N) is 2. The van der Waals surface area contributed by atoms with E-state index in [1.165, 1.54) is 6.42 Å². The van der Waals surface area contributed by atoms with Gasteiger partial charge in [-0.05, 0) is 37.6 Å². The SMILES string of the molecule is O=c1[nH]nc(-c2cccc(NCCCCN3CCOCC3)c2)c2ccccc12. The summed E-state index contributed by atoms with van der Waals surface area (Å²) in [5.41, 5.74) is 2.70. The zero-order valence-electron chi connectivity index (χ0n) is 16.0. The van der Waals surface area contributed by atoms with Crippen molar-refractivity contribution in [3.8, 4) is 11.3 Å². The maximum absolute atomic E-state index is 12.0. The van der Waals surface area contributed by atoms with E-state index in [2.05, 4.69) is 32.5 Å². The second kappa shape index (κ2) is 8.99. The van der Waals surface area contributed by atoms with Crippen molar-refractivity contribution in [3.63, 3.8) is 0 Å². The van der Waals surface area contributed by atoms with E-state index >= 15 is 0 Å². The molecule has 6 heteroatoms. The number of morpholine rings is 1. The molecule has 1 aliphatic heterocycles. The lowest BCUT2D eigenvalue weighted by Crippen LogP contribution is -2.36. The van der Waals surface area contributed by atoms with Gasteiger partial charge in [-0.25, -0.2) is 5.10 Å². The zero-order valence-corrected chi connectivity index (χ0v) is 16.0. The Labute approximate surface area is 164 Å². The van der Waals surface area contributed by atoms with Gasteiger partial charge in [0.1, 0.15) is 0 Å². The monoisotopic (exact) mass is 378 g/mol. The first-order valence-electron chi connectivity index (χ1n) is 9.93. The number of hydrogen-bond acceptors (Lipinski definition) is 5. The second-order valence-electron chi connectivity index (χ2n) is 7.12. The molecule has 2 N–H and O–H groups in total. The van der Waals surface area contributed by atoms with Crippen LogP contribution in [-0.2, 0) is 4.74 Å². The highest BCUT2D eigenvalue weighted by atomic mass is 16.5. The molecule has 0 spiro atoms. The highest BCUT2D eigenvalue weighted by Gasteiger charge is 2.10. The molecule has 2 aromatic carbocycles. The van der Waals surface area contributed by atoms with E-state index in [0.29, 0.717) is 5.39 Å². The smallest absolute Gasteiger partial charge is 0.272 e. The second-order valence-corrected chi connectivity index (χ2v) is 7.12. The molecule has 3 aromatic rings. The van der Waals surface area contributed by atoms with Gasteiger partial charge in [0.25, 0.3) is 5.56 Å². The fourth-order valence-electron chi connectivity index (χ4n) is 3.63. The van der Waals surface area contributed by atoms with Crippen LogP contribution >= 0.6 is 0 Å². The number of benzene rings is 2. The summed E-state index contributed by atoms with van der Waals surface area (Å²) < 4.78 is 5.39. The quantitative estimate of drug-likeness (QED) is 0.618. The first-order valence-corrected chi connectivity index (χ1v) is 9.93. The van der Waals surface area contributed by atoms with Crippen molar-refractivity contribution in [1.29, 1.82) is 0 Å². The third-order valence-corrected chi connectivity index (χ3v) is 5.17. The summed E-state index contributed by atoms with van der Waals surface area (Å²) in [4.78, 5) is 14.5. The molecule has 0 atom stereocenters. The van der Waals surface area contributed by atoms with Gasteiger partial charge in [-0.3, -0.25) is 9.69 Å². The standard InChI is InChI=1S/C22H26N4O2/c27-22-20-9-2-1-8-19(20)21(24-25-22)17-6-5-7-18(16-17)23-10-3-4-11-26-12-14-28-15-13-26/h1-2,5-9,16,23H,3-4,10-15H2,(H,25,27). The Hall–Kier alpha value is -2.70. The van der Waals surface area contributed by atoms with E-state index in [9.17, 15) is 4.79 Å². The molecule has 1 aliphatic rings. The molecular weight excluding hydrogens is 352 g/mol. The van der Waals surface area contributed by atoms with Crippen molar-refractivity contribution in [2.75, 3.05) is 44.7 Å². The van der Waals surface area contributed by atoms with E-state index in [1.54, 1.807) is 0 Å². The molecule has 1 saturated heterocycles. The summed E-state index contributed by atoms with van der Waals surface area (Å²) >= 11 is 0. The van der Waals surface area contributed by atoms with Crippen molar-refractivity contribution in [2.45, 2.75) is 12.8 Å². The summed E-state index contributed by atoms with van der Waals surface area (Å²) in [6.45, 7) is 5.90. The third-order valence-electron chi connectivity index (χ3n) is 5.17. The van der Waals surface area contributed by atoms with Crippen LogP contribution < -0.4 is 10.9 Å². The van der Waals surface area contributed by atoms with Gasteiger partial charge in [-0.2, -0.15) is 5.10 Å². The average Bonchev–Trinajstić information content (AvgIpc) is 2.75. The molecule has 0 saturated carbocycles. The molecule has 0 unspecified atom stereocenters. The van der Waals surface area contributed by atoms with Gasteiger partial charge in [0, 0.05) is 36.3 Å². The molecule has 6 nitrogen and oxygen atoms in total. The maximum atomic E-state index is 12.0. The van der Waals surface area contributed by atoms with E-state index in [0.717, 1.165) is 68.1 Å². The highest BCUT2D eigenvalue weighted by Crippen LogP contribution is 2.26. The molecule has 28 heavy (non-hydrogen) atoms. The molecular formula is C22H26N4O2. The van der Waals surface area contributed by atoms with Crippen molar-refractivity contribution in [2.24, 2.45) is 0 Å². The van der Waals surface area contributed by atoms with E-state index in [4.69, 9.17) is 4.74 Å². The molecule has 0 bridgehead atoms. The Bertz CT molecular complexity index is 979. The minimum absolute atomic E-state index is 0.158. The predicted molar refractivity (Wildman–Crippen MR) is 113 cm³/mol. The molecule has 0 radical (unpaired) electrons. The normalized spacial score (nSPS) is 15.0. The number of fused-ring (bicyclic) bond motifs is 1. The van der Waals surface area contributed by atoms with Crippen molar-refractivity contribution in [3.05, 3.63) is 58.9 Å². The van der Waals surface area contributed by atoms with Crippen molar-refractivity contribution in [1.82, 2.24) is 15.1 Å². The summed E-state index contributed by atoms with van der Waals surface area (Å²) in [6.07, 6.45) is 2.31. The van der Waals surface area contributed by atoms with Crippen LogP contribution in [0, 0.1) is 0 Å². The Morgan fingerprint density at radius 1 is 1.04 bits per heavy atom. The number of anilines is 1. The number of H-pyrrole nitrogens is 1. The van der Waals surface area contributed by atoms with Crippen LogP contribution in [0.4, 0.5) is 5.69 Å². The van der Waals surface area contributed by atoms with Crippen LogP contribution in [0.5, 0.6) is 0 Å². The Kier molecular flexibility index (Phi) is 5.99. The van der Waals surface area contributed by atoms with Crippen LogP contribution in [0.3, 0.4) is 0 Å². The van der Waals surface area contributed by atoms with E-state index in [1.807, 2.05) is 36.4 Å². The van der Waals surface area contributed by atoms with Crippen LogP contribution in [-0.4, -0.2) is 54.5 Å².